The first-order valence-electron chi connectivity index (χ1n) is 8.57. The van der Waals surface area contributed by atoms with Gasteiger partial charge in [-0.2, -0.15) is 0 Å². The number of sulfone groups is 1. The molecule has 1 N–H and O–H groups in total. The molecule has 1 aromatic carbocycles. The number of carbonyl (C=O) groups is 1. The monoisotopic (exact) mass is 461 g/mol. The van der Waals surface area contributed by atoms with Crippen LogP contribution in [0.15, 0.2) is 40.1 Å². The van der Waals surface area contributed by atoms with Gasteiger partial charge in [-0.3, -0.25) is 10.1 Å². The summed E-state index contributed by atoms with van der Waals surface area (Å²) in [6, 6.07) is 3.82. The van der Waals surface area contributed by atoms with Gasteiger partial charge in [-0.05, 0) is 37.1 Å². The lowest BCUT2D eigenvalue weighted by Gasteiger charge is -2.14. The van der Waals surface area contributed by atoms with Gasteiger partial charge in [-0.1, -0.05) is 0 Å². The topological polar surface area (TPSA) is 138 Å². The standard InChI is InChI=1S/C17H14F3N3O7S/c1-29-16(24)14-12(23(25)26)8-13(15(22-14)21-9-2-3-9)31(27,28)11-6-4-10(5-7-11)30-17(18,19)20/h4-9H,2-3H2,1H3,(H,21,22). The first kappa shape index (κ1) is 22.3. The SMILES string of the molecule is COC(=O)c1nc(NC2CC2)c(S(=O)(=O)c2ccc(OC(F)(F)F)cc2)cc1[N+](=O)[O-]. The largest absolute Gasteiger partial charge is 0.573 e. The van der Waals surface area contributed by atoms with Gasteiger partial charge in [-0.25, -0.2) is 18.2 Å². The molecule has 0 atom stereocenters. The van der Waals surface area contributed by atoms with Gasteiger partial charge in [0.15, 0.2) is 0 Å². The average Bonchev–Trinajstić information content (AvgIpc) is 3.50. The molecule has 3 rings (SSSR count). The van der Waals surface area contributed by atoms with Crippen LogP contribution in [0.1, 0.15) is 23.3 Å². The number of alkyl halides is 3. The molecule has 0 aliphatic heterocycles. The molecule has 0 amide bonds. The van der Waals surface area contributed by atoms with Crippen molar-refractivity contribution in [2.75, 3.05) is 12.4 Å². The van der Waals surface area contributed by atoms with E-state index in [9.17, 15) is 36.5 Å². The van der Waals surface area contributed by atoms with Crippen LogP contribution in [0.5, 0.6) is 5.75 Å². The highest BCUT2D eigenvalue weighted by atomic mass is 32.2. The van der Waals surface area contributed by atoms with Crippen LogP contribution in [0.2, 0.25) is 0 Å². The maximum atomic E-state index is 13.1. The third-order valence-electron chi connectivity index (χ3n) is 4.12. The molecule has 1 aromatic heterocycles. The molecule has 0 bridgehead atoms. The second-order valence-corrected chi connectivity index (χ2v) is 8.31. The Balaban J connectivity index is 2.11. The third-order valence-corrected chi connectivity index (χ3v) is 5.90. The number of nitro groups is 1. The molecule has 0 spiro atoms. The number of methoxy groups -OCH3 is 1. The summed E-state index contributed by atoms with van der Waals surface area (Å²) < 4.78 is 71.3. The lowest BCUT2D eigenvalue weighted by atomic mass is 10.3. The third kappa shape index (κ3) is 5.02. The zero-order valence-corrected chi connectivity index (χ0v) is 16.5. The van der Waals surface area contributed by atoms with Crippen molar-refractivity contribution in [1.29, 1.82) is 0 Å². The van der Waals surface area contributed by atoms with Gasteiger partial charge in [0.2, 0.25) is 15.5 Å². The second-order valence-electron chi connectivity index (χ2n) is 6.39. The number of hydrogen-bond acceptors (Lipinski definition) is 9. The van der Waals surface area contributed by atoms with Crippen LogP contribution in [0.3, 0.4) is 0 Å². The normalized spacial score (nSPS) is 14.1. The number of carbonyl (C=O) groups excluding carboxylic acids is 1. The Labute approximate surface area is 173 Å². The molecule has 1 fully saturated rings. The van der Waals surface area contributed by atoms with Crippen molar-refractivity contribution in [3.63, 3.8) is 0 Å². The van der Waals surface area contributed by atoms with E-state index in [1.807, 2.05) is 0 Å². The van der Waals surface area contributed by atoms with Crippen LogP contribution in [-0.4, -0.2) is 43.8 Å². The minimum atomic E-state index is -4.96. The Hall–Kier alpha value is -3.42. The van der Waals surface area contributed by atoms with Crippen molar-refractivity contribution < 1.29 is 40.8 Å². The summed E-state index contributed by atoms with van der Waals surface area (Å²) in [7, 11) is -3.49. The quantitative estimate of drug-likeness (QED) is 0.374. The van der Waals surface area contributed by atoms with Crippen LogP contribution < -0.4 is 10.1 Å². The van der Waals surface area contributed by atoms with Crippen molar-refractivity contribution in [2.24, 2.45) is 0 Å². The summed E-state index contributed by atoms with van der Waals surface area (Å²) >= 11 is 0. The number of esters is 1. The molecule has 10 nitrogen and oxygen atoms in total. The van der Waals surface area contributed by atoms with Crippen molar-refractivity contribution in [2.45, 2.75) is 35.0 Å². The fraction of sp³-hybridized carbons (Fsp3) is 0.294. The smallest absolute Gasteiger partial charge is 0.464 e. The number of aromatic nitrogens is 1. The molecular weight excluding hydrogens is 447 g/mol. The first-order valence-corrected chi connectivity index (χ1v) is 10.1. The highest BCUT2D eigenvalue weighted by Crippen LogP contribution is 2.35. The molecular formula is C17H14F3N3O7S. The number of rotatable bonds is 7. The number of anilines is 1. The highest BCUT2D eigenvalue weighted by Gasteiger charge is 2.35. The number of hydrogen-bond donors (Lipinski definition) is 1. The minimum absolute atomic E-state index is 0.143. The number of benzene rings is 1. The van der Waals surface area contributed by atoms with Gasteiger partial charge in [-0.15, -0.1) is 13.2 Å². The summed E-state index contributed by atoms with van der Waals surface area (Å²) in [5.74, 6) is -2.08. The van der Waals surface area contributed by atoms with E-state index in [0.717, 1.165) is 31.4 Å². The lowest BCUT2D eigenvalue weighted by Crippen LogP contribution is -2.17. The Bertz CT molecular complexity index is 1130. The van der Waals surface area contributed by atoms with Gasteiger partial charge in [0.25, 0.3) is 0 Å². The summed E-state index contributed by atoms with van der Waals surface area (Å²) in [4.78, 5) is 25.1. The first-order chi connectivity index (χ1) is 14.4. The summed E-state index contributed by atoms with van der Waals surface area (Å²) in [5.41, 5.74) is -1.59. The fourth-order valence-electron chi connectivity index (χ4n) is 2.55. The van der Waals surface area contributed by atoms with Gasteiger partial charge in [0.1, 0.15) is 16.5 Å². The molecule has 0 unspecified atom stereocenters. The Kier molecular flexibility index (Phi) is 5.76. The van der Waals surface area contributed by atoms with E-state index in [1.165, 1.54) is 0 Å². The molecule has 14 heteroatoms. The molecule has 166 valence electrons. The predicted octanol–water partition coefficient (Wildman–Crippen LogP) is 3.08. The molecule has 1 heterocycles. The zero-order valence-electron chi connectivity index (χ0n) is 15.7. The second kappa shape index (κ2) is 8.02. The van der Waals surface area contributed by atoms with Crippen molar-refractivity contribution in [3.05, 3.63) is 46.1 Å². The van der Waals surface area contributed by atoms with Gasteiger partial charge in [0.05, 0.1) is 16.9 Å². The summed E-state index contributed by atoms with van der Waals surface area (Å²) in [6.45, 7) is 0. The van der Waals surface area contributed by atoms with Gasteiger partial charge < -0.3 is 14.8 Å². The van der Waals surface area contributed by atoms with Gasteiger partial charge in [0, 0.05) is 12.1 Å². The van der Waals surface area contributed by atoms with E-state index in [1.54, 1.807) is 0 Å². The molecule has 1 aliphatic carbocycles. The fourth-order valence-corrected chi connectivity index (χ4v) is 3.92. The average molecular weight is 461 g/mol. The van der Waals surface area contributed by atoms with Crippen molar-refractivity contribution in [3.8, 4) is 5.75 Å². The van der Waals surface area contributed by atoms with E-state index >= 15 is 0 Å². The number of nitrogens with one attached hydrogen (secondary N) is 1. The number of ether oxygens (including phenoxy) is 2. The molecule has 0 radical (unpaired) electrons. The molecule has 31 heavy (non-hydrogen) atoms. The highest BCUT2D eigenvalue weighted by molar-refractivity contribution is 7.91. The van der Waals surface area contributed by atoms with Gasteiger partial charge >= 0.3 is 18.0 Å². The molecule has 1 saturated carbocycles. The van der Waals surface area contributed by atoms with Crippen LogP contribution in [0.4, 0.5) is 24.7 Å². The van der Waals surface area contributed by atoms with Crippen molar-refractivity contribution in [1.82, 2.24) is 4.98 Å². The molecule has 1 aliphatic rings. The van der Waals surface area contributed by atoms with E-state index in [0.29, 0.717) is 18.9 Å². The predicted molar refractivity (Wildman–Crippen MR) is 97.5 cm³/mol. The Morgan fingerprint density at radius 1 is 1.26 bits per heavy atom. The van der Waals surface area contributed by atoms with E-state index in [2.05, 4.69) is 19.8 Å². The van der Waals surface area contributed by atoms with Crippen LogP contribution in [-0.2, 0) is 14.6 Å². The molecule has 0 saturated heterocycles. The summed E-state index contributed by atoms with van der Waals surface area (Å²) in [6.07, 6.45) is -3.58. The number of halogens is 3. The van der Waals surface area contributed by atoms with Crippen LogP contribution >= 0.6 is 0 Å². The van der Waals surface area contributed by atoms with E-state index in [4.69, 9.17) is 0 Å². The zero-order chi connectivity index (χ0) is 23.0. The number of pyridine rings is 1. The Morgan fingerprint density at radius 2 is 1.87 bits per heavy atom. The van der Waals surface area contributed by atoms with Crippen molar-refractivity contribution >= 4 is 27.3 Å². The maximum Gasteiger partial charge on any atom is 0.573 e. The molecule has 2 aromatic rings. The Morgan fingerprint density at radius 3 is 2.35 bits per heavy atom. The maximum absolute atomic E-state index is 13.1. The van der Waals surface area contributed by atoms with Crippen LogP contribution in [0.25, 0.3) is 0 Å². The number of nitrogens with zero attached hydrogens (tertiary/aromatic N) is 2. The van der Waals surface area contributed by atoms with E-state index in [-0.39, 0.29) is 11.9 Å². The van der Waals surface area contributed by atoms with E-state index < -0.39 is 54.0 Å². The lowest BCUT2D eigenvalue weighted by molar-refractivity contribution is -0.385. The minimum Gasteiger partial charge on any atom is -0.464 e. The summed E-state index contributed by atoms with van der Waals surface area (Å²) in [5, 5.41) is 14.2. The van der Waals surface area contributed by atoms with Crippen LogP contribution in [0, 0.1) is 10.1 Å².